The first kappa shape index (κ1) is 21.2. The second-order valence-electron chi connectivity index (χ2n) is 6.53. The lowest BCUT2D eigenvalue weighted by Crippen LogP contribution is -2.26. The van der Waals surface area contributed by atoms with Crippen LogP contribution in [0.1, 0.15) is 27.2 Å². The van der Waals surface area contributed by atoms with Crippen LogP contribution in [0.15, 0.2) is 59.0 Å². The molecule has 0 saturated carbocycles. The molecule has 2 N–H and O–H groups in total. The SMILES string of the molecule is Cc1oncc1/C(O)=C(\C#N)C(=O)Nc1ncc(C(=O)N(C)Cc2ccccc2)cn1. The Kier molecular flexibility index (Phi) is 6.37. The fourth-order valence-corrected chi connectivity index (χ4v) is 2.69. The molecule has 0 spiro atoms. The van der Waals surface area contributed by atoms with Crippen molar-refractivity contribution in [3.05, 3.63) is 76.9 Å². The van der Waals surface area contributed by atoms with Crippen molar-refractivity contribution in [1.29, 1.82) is 5.26 Å². The molecule has 156 valence electrons. The summed E-state index contributed by atoms with van der Waals surface area (Å²) < 4.78 is 4.82. The van der Waals surface area contributed by atoms with Gasteiger partial charge in [-0.25, -0.2) is 9.97 Å². The highest BCUT2D eigenvalue weighted by Gasteiger charge is 2.21. The van der Waals surface area contributed by atoms with Crippen molar-refractivity contribution in [2.75, 3.05) is 12.4 Å². The molecule has 10 nitrogen and oxygen atoms in total. The zero-order valence-corrected chi connectivity index (χ0v) is 16.7. The molecule has 2 aromatic heterocycles. The molecule has 3 rings (SSSR count). The minimum absolute atomic E-state index is 0.120. The summed E-state index contributed by atoms with van der Waals surface area (Å²) in [6.45, 7) is 1.94. The Hall–Kier alpha value is -4.52. The summed E-state index contributed by atoms with van der Waals surface area (Å²) in [5.74, 6) is -1.67. The van der Waals surface area contributed by atoms with Gasteiger partial charge < -0.3 is 14.5 Å². The Morgan fingerprint density at radius 2 is 1.87 bits per heavy atom. The van der Waals surface area contributed by atoms with Gasteiger partial charge in [0.25, 0.3) is 11.8 Å². The minimum Gasteiger partial charge on any atom is -0.506 e. The van der Waals surface area contributed by atoms with Crippen LogP contribution in [0.25, 0.3) is 5.76 Å². The number of anilines is 1. The number of nitriles is 1. The highest BCUT2D eigenvalue weighted by atomic mass is 16.5. The number of nitrogens with one attached hydrogen (secondary N) is 1. The van der Waals surface area contributed by atoms with E-state index in [4.69, 9.17) is 4.52 Å². The maximum absolute atomic E-state index is 12.5. The van der Waals surface area contributed by atoms with Crippen LogP contribution < -0.4 is 5.32 Å². The molecule has 2 heterocycles. The number of amides is 2. The summed E-state index contributed by atoms with van der Waals surface area (Å²) in [6.07, 6.45) is 3.73. The third kappa shape index (κ3) is 4.91. The standard InChI is InChI=1S/C21H18N6O4/c1-13-17(11-25-31-13)18(28)16(8-22)19(29)26-21-23-9-15(10-24-21)20(30)27(2)12-14-6-4-3-5-7-14/h3-7,9-11,28H,12H2,1-2H3,(H,23,24,26,29)/b18-16-. The molecule has 0 unspecified atom stereocenters. The Labute approximate surface area is 177 Å². The van der Waals surface area contributed by atoms with E-state index in [1.54, 1.807) is 13.1 Å². The van der Waals surface area contributed by atoms with Gasteiger partial charge in [-0.05, 0) is 12.5 Å². The van der Waals surface area contributed by atoms with Crippen LogP contribution in [-0.2, 0) is 11.3 Å². The second-order valence-corrected chi connectivity index (χ2v) is 6.53. The van der Waals surface area contributed by atoms with E-state index in [-0.39, 0.29) is 28.7 Å². The lowest BCUT2D eigenvalue weighted by atomic mass is 10.1. The first-order valence-electron chi connectivity index (χ1n) is 9.08. The predicted octanol–water partition coefficient (Wildman–Crippen LogP) is 2.48. The van der Waals surface area contributed by atoms with Crippen molar-refractivity contribution in [2.24, 2.45) is 0 Å². The van der Waals surface area contributed by atoms with Crippen LogP contribution in [0.4, 0.5) is 5.95 Å². The smallest absolute Gasteiger partial charge is 0.272 e. The van der Waals surface area contributed by atoms with Crippen LogP contribution in [-0.4, -0.2) is 44.0 Å². The second kappa shape index (κ2) is 9.32. The van der Waals surface area contributed by atoms with Crippen LogP contribution in [0.5, 0.6) is 0 Å². The number of aromatic nitrogens is 3. The third-order valence-electron chi connectivity index (χ3n) is 4.31. The summed E-state index contributed by atoms with van der Waals surface area (Å²) >= 11 is 0. The van der Waals surface area contributed by atoms with Crippen molar-refractivity contribution in [3.8, 4) is 6.07 Å². The van der Waals surface area contributed by atoms with Gasteiger partial charge in [-0.1, -0.05) is 35.5 Å². The van der Waals surface area contributed by atoms with Gasteiger partial charge in [0.05, 0.1) is 17.3 Å². The van der Waals surface area contributed by atoms with Gasteiger partial charge in [0.2, 0.25) is 5.95 Å². The van der Waals surface area contributed by atoms with Crippen molar-refractivity contribution in [2.45, 2.75) is 13.5 Å². The zero-order chi connectivity index (χ0) is 22.4. The van der Waals surface area contributed by atoms with E-state index in [1.807, 2.05) is 30.3 Å². The van der Waals surface area contributed by atoms with E-state index in [0.29, 0.717) is 6.54 Å². The molecular weight excluding hydrogens is 400 g/mol. The van der Waals surface area contributed by atoms with Crippen molar-refractivity contribution in [3.63, 3.8) is 0 Å². The van der Waals surface area contributed by atoms with Crippen LogP contribution in [0.3, 0.4) is 0 Å². The fourth-order valence-electron chi connectivity index (χ4n) is 2.69. The minimum atomic E-state index is -0.916. The third-order valence-corrected chi connectivity index (χ3v) is 4.31. The number of hydrogen-bond donors (Lipinski definition) is 2. The zero-order valence-electron chi connectivity index (χ0n) is 16.7. The normalized spacial score (nSPS) is 11.3. The van der Waals surface area contributed by atoms with Crippen molar-refractivity contribution >= 4 is 23.5 Å². The van der Waals surface area contributed by atoms with E-state index < -0.39 is 17.2 Å². The number of aliphatic hydroxyl groups is 1. The Morgan fingerprint density at radius 1 is 1.19 bits per heavy atom. The molecule has 0 aliphatic carbocycles. The van der Waals surface area contributed by atoms with Gasteiger partial charge in [-0.15, -0.1) is 0 Å². The molecule has 0 aliphatic heterocycles. The van der Waals surface area contributed by atoms with E-state index in [9.17, 15) is 20.0 Å². The fraction of sp³-hybridized carbons (Fsp3) is 0.143. The van der Waals surface area contributed by atoms with Gasteiger partial charge in [0, 0.05) is 26.0 Å². The number of carbonyl (C=O) groups is 2. The molecule has 0 fully saturated rings. The Bertz CT molecular complexity index is 1160. The molecule has 0 atom stereocenters. The number of rotatable bonds is 6. The molecule has 3 aromatic rings. The average molecular weight is 418 g/mol. The largest absolute Gasteiger partial charge is 0.506 e. The number of nitrogens with zero attached hydrogens (tertiary/aromatic N) is 5. The molecule has 0 saturated heterocycles. The lowest BCUT2D eigenvalue weighted by molar-refractivity contribution is -0.112. The Balaban J connectivity index is 1.70. The summed E-state index contributed by atoms with van der Waals surface area (Å²) in [7, 11) is 1.66. The summed E-state index contributed by atoms with van der Waals surface area (Å²) in [4.78, 5) is 34.3. The van der Waals surface area contributed by atoms with Gasteiger partial charge >= 0.3 is 0 Å². The number of hydrogen-bond acceptors (Lipinski definition) is 8. The summed E-state index contributed by atoms with van der Waals surface area (Å²) in [5.41, 5.74) is 0.768. The van der Waals surface area contributed by atoms with Crippen LogP contribution in [0, 0.1) is 18.3 Å². The highest BCUT2D eigenvalue weighted by Crippen LogP contribution is 2.20. The molecule has 31 heavy (non-hydrogen) atoms. The summed E-state index contributed by atoms with van der Waals surface area (Å²) in [5, 5.41) is 25.3. The van der Waals surface area contributed by atoms with Gasteiger partial charge in [-0.2, -0.15) is 5.26 Å². The molecule has 10 heteroatoms. The van der Waals surface area contributed by atoms with Crippen molar-refractivity contribution in [1.82, 2.24) is 20.0 Å². The highest BCUT2D eigenvalue weighted by molar-refractivity contribution is 6.10. The quantitative estimate of drug-likeness (QED) is 0.353. The molecular formula is C21H18N6O4. The monoisotopic (exact) mass is 418 g/mol. The lowest BCUT2D eigenvalue weighted by Gasteiger charge is -2.17. The maximum Gasteiger partial charge on any atom is 0.272 e. The van der Waals surface area contributed by atoms with Crippen molar-refractivity contribution < 1.29 is 19.2 Å². The predicted molar refractivity (Wildman–Crippen MR) is 109 cm³/mol. The maximum atomic E-state index is 12.5. The first-order valence-corrected chi connectivity index (χ1v) is 9.08. The van der Waals surface area contributed by atoms with E-state index in [1.165, 1.54) is 30.4 Å². The topological polar surface area (TPSA) is 145 Å². The van der Waals surface area contributed by atoms with Gasteiger partial charge in [0.15, 0.2) is 11.3 Å². The molecule has 0 aliphatic rings. The number of aliphatic hydroxyl groups excluding tert-OH is 1. The van der Waals surface area contributed by atoms with Crippen LogP contribution in [0.2, 0.25) is 0 Å². The number of benzene rings is 1. The van der Waals surface area contributed by atoms with Crippen LogP contribution >= 0.6 is 0 Å². The molecule has 2 amide bonds. The number of carbonyl (C=O) groups excluding carboxylic acids is 2. The Morgan fingerprint density at radius 3 is 2.45 bits per heavy atom. The van der Waals surface area contributed by atoms with E-state index >= 15 is 0 Å². The van der Waals surface area contributed by atoms with E-state index in [2.05, 4.69) is 20.4 Å². The summed E-state index contributed by atoms with van der Waals surface area (Å²) in [6, 6.07) is 11.1. The number of aryl methyl sites for hydroxylation is 1. The van der Waals surface area contributed by atoms with Gasteiger partial charge in [0.1, 0.15) is 11.8 Å². The molecule has 1 aromatic carbocycles. The molecule has 0 bridgehead atoms. The average Bonchev–Trinajstić information content (AvgIpc) is 3.20. The first-order chi connectivity index (χ1) is 14.9. The van der Waals surface area contributed by atoms with Gasteiger partial charge in [-0.3, -0.25) is 14.9 Å². The van der Waals surface area contributed by atoms with E-state index in [0.717, 1.165) is 5.56 Å². The molecule has 0 radical (unpaired) electrons.